The summed E-state index contributed by atoms with van der Waals surface area (Å²) >= 11 is 0. The average Bonchev–Trinajstić information content (AvgIpc) is 2.68. The van der Waals surface area contributed by atoms with Crippen LogP contribution in [0.2, 0.25) is 0 Å². The van der Waals surface area contributed by atoms with E-state index in [0.29, 0.717) is 0 Å². The molecule has 1 heterocycles. The van der Waals surface area contributed by atoms with Crippen molar-refractivity contribution in [2.24, 2.45) is 5.14 Å². The molecule has 0 spiro atoms. The maximum atomic E-state index is 13.1. The van der Waals surface area contributed by atoms with Gasteiger partial charge in [-0.3, -0.25) is 4.79 Å². The molecular formula is C13H12F2N2O4S. The fraction of sp³-hybridized carbons (Fsp3) is 0.154. The Bertz CT molecular complexity index is 859. The Morgan fingerprint density at radius 1 is 1.18 bits per heavy atom. The molecule has 1 amide bonds. The first-order valence-corrected chi connectivity index (χ1v) is 7.55. The number of carbonyl (C=O) groups excluding carboxylic acids is 1. The number of nitrogens with one attached hydrogen (secondary N) is 1. The number of anilines is 1. The lowest BCUT2D eigenvalue weighted by atomic mass is 10.2. The van der Waals surface area contributed by atoms with E-state index in [1.165, 1.54) is 13.8 Å². The van der Waals surface area contributed by atoms with Gasteiger partial charge in [0, 0.05) is 11.8 Å². The number of furan rings is 1. The van der Waals surface area contributed by atoms with E-state index in [-0.39, 0.29) is 22.8 Å². The number of benzene rings is 1. The number of halogens is 2. The van der Waals surface area contributed by atoms with Crippen LogP contribution in [0.4, 0.5) is 14.5 Å². The normalized spacial score (nSPS) is 11.5. The third-order valence-corrected chi connectivity index (χ3v) is 3.95. The molecule has 0 saturated heterocycles. The van der Waals surface area contributed by atoms with Gasteiger partial charge in [0.05, 0.1) is 0 Å². The monoisotopic (exact) mass is 330 g/mol. The number of nitrogens with two attached hydrogens (primary N) is 1. The third kappa shape index (κ3) is 3.00. The van der Waals surface area contributed by atoms with Crippen LogP contribution in [-0.4, -0.2) is 14.3 Å². The van der Waals surface area contributed by atoms with E-state index >= 15 is 0 Å². The zero-order valence-corrected chi connectivity index (χ0v) is 12.4. The summed E-state index contributed by atoms with van der Waals surface area (Å²) in [5.74, 6) is -3.07. The highest BCUT2D eigenvalue weighted by molar-refractivity contribution is 7.89. The highest BCUT2D eigenvalue weighted by Crippen LogP contribution is 2.26. The van der Waals surface area contributed by atoms with Gasteiger partial charge in [0.1, 0.15) is 22.0 Å². The van der Waals surface area contributed by atoms with Crippen LogP contribution in [0.1, 0.15) is 21.9 Å². The Labute approximate surface area is 125 Å². The number of hydrogen-bond donors (Lipinski definition) is 2. The second kappa shape index (κ2) is 5.50. The number of primary sulfonamides is 1. The molecule has 6 nitrogen and oxygen atoms in total. The molecule has 0 aliphatic rings. The minimum Gasteiger partial charge on any atom is -0.464 e. The number of amides is 1. The van der Waals surface area contributed by atoms with Crippen molar-refractivity contribution in [3.63, 3.8) is 0 Å². The Hall–Kier alpha value is -2.26. The molecule has 2 aromatic rings. The maximum absolute atomic E-state index is 13.1. The Balaban J connectivity index is 2.44. The molecule has 22 heavy (non-hydrogen) atoms. The zero-order valence-electron chi connectivity index (χ0n) is 11.6. The molecule has 1 aromatic heterocycles. The molecule has 0 unspecified atom stereocenters. The van der Waals surface area contributed by atoms with Gasteiger partial charge in [-0.25, -0.2) is 22.3 Å². The van der Waals surface area contributed by atoms with Gasteiger partial charge in [-0.1, -0.05) is 0 Å². The molecule has 0 atom stereocenters. The smallest absolute Gasteiger partial charge is 0.260 e. The molecule has 0 bridgehead atoms. The summed E-state index contributed by atoms with van der Waals surface area (Å²) in [6.45, 7) is 2.74. The quantitative estimate of drug-likeness (QED) is 0.899. The second-order valence-electron chi connectivity index (χ2n) is 4.55. The topological polar surface area (TPSA) is 102 Å². The third-order valence-electron chi connectivity index (χ3n) is 2.89. The maximum Gasteiger partial charge on any atom is 0.260 e. The number of sulfonamides is 1. The van der Waals surface area contributed by atoms with Gasteiger partial charge in [0.2, 0.25) is 10.0 Å². The SMILES string of the molecule is Cc1oc(C)c(S(N)(=O)=O)c1C(=O)Nc1ccc(F)c(F)c1. The van der Waals surface area contributed by atoms with Crippen molar-refractivity contribution >= 4 is 21.6 Å². The lowest BCUT2D eigenvalue weighted by molar-refractivity contribution is 0.102. The Morgan fingerprint density at radius 3 is 2.36 bits per heavy atom. The first kappa shape index (κ1) is 16.1. The van der Waals surface area contributed by atoms with E-state index in [1.54, 1.807) is 0 Å². The summed E-state index contributed by atoms with van der Waals surface area (Å²) in [6.07, 6.45) is 0. The summed E-state index contributed by atoms with van der Waals surface area (Å²) in [6, 6.07) is 2.74. The van der Waals surface area contributed by atoms with E-state index in [1.807, 2.05) is 0 Å². The van der Waals surface area contributed by atoms with E-state index in [9.17, 15) is 22.0 Å². The van der Waals surface area contributed by atoms with Gasteiger partial charge in [0.15, 0.2) is 11.6 Å². The summed E-state index contributed by atoms with van der Waals surface area (Å²) in [5, 5.41) is 7.34. The lowest BCUT2D eigenvalue weighted by Gasteiger charge is -2.06. The molecule has 3 N–H and O–H groups in total. The minimum atomic E-state index is -4.18. The zero-order chi connectivity index (χ0) is 16.7. The second-order valence-corrected chi connectivity index (χ2v) is 6.04. The van der Waals surface area contributed by atoms with E-state index in [4.69, 9.17) is 9.56 Å². The standard InChI is InChI=1S/C13H12F2N2O4S/c1-6-11(12(7(2)21-6)22(16,19)20)13(18)17-8-3-4-9(14)10(15)5-8/h3-5H,1-2H3,(H,17,18)(H2,16,19,20). The fourth-order valence-corrected chi connectivity index (χ4v) is 3.00. The molecule has 0 fully saturated rings. The minimum absolute atomic E-state index is 0.0320. The number of rotatable bonds is 3. The first-order chi connectivity index (χ1) is 10.1. The van der Waals surface area contributed by atoms with Crippen molar-refractivity contribution in [1.82, 2.24) is 0 Å². The van der Waals surface area contributed by atoms with Crippen LogP contribution in [0.3, 0.4) is 0 Å². The largest absolute Gasteiger partial charge is 0.464 e. The highest BCUT2D eigenvalue weighted by Gasteiger charge is 2.28. The molecule has 1 aromatic carbocycles. The number of carbonyl (C=O) groups is 1. The van der Waals surface area contributed by atoms with Crippen molar-refractivity contribution in [3.05, 3.63) is 46.9 Å². The summed E-state index contributed by atoms with van der Waals surface area (Å²) in [4.78, 5) is 11.8. The molecule has 118 valence electrons. The van der Waals surface area contributed by atoms with Crippen molar-refractivity contribution < 1.29 is 26.4 Å². The van der Waals surface area contributed by atoms with Gasteiger partial charge in [-0.2, -0.15) is 0 Å². The van der Waals surface area contributed by atoms with E-state index in [2.05, 4.69) is 5.32 Å². The number of hydrogen-bond acceptors (Lipinski definition) is 4. The van der Waals surface area contributed by atoms with Crippen molar-refractivity contribution in [2.75, 3.05) is 5.32 Å². The summed E-state index contributed by atoms with van der Waals surface area (Å²) < 4.78 is 54.2. The highest BCUT2D eigenvalue weighted by atomic mass is 32.2. The van der Waals surface area contributed by atoms with Crippen LogP contribution < -0.4 is 10.5 Å². The molecule has 0 radical (unpaired) electrons. The molecule has 0 aliphatic heterocycles. The van der Waals surface area contributed by atoms with Crippen molar-refractivity contribution in [2.45, 2.75) is 18.7 Å². The van der Waals surface area contributed by atoms with Gasteiger partial charge in [-0.15, -0.1) is 0 Å². The van der Waals surface area contributed by atoms with Crippen LogP contribution in [0.25, 0.3) is 0 Å². The molecule has 0 aliphatic carbocycles. The van der Waals surface area contributed by atoms with Crippen LogP contribution in [0.15, 0.2) is 27.5 Å². The van der Waals surface area contributed by atoms with Crippen LogP contribution in [-0.2, 0) is 10.0 Å². The summed E-state index contributed by atoms with van der Waals surface area (Å²) in [5.41, 5.74) is -0.313. The Kier molecular flexibility index (Phi) is 4.03. The predicted molar refractivity (Wildman–Crippen MR) is 73.9 cm³/mol. The molecule has 2 rings (SSSR count). The van der Waals surface area contributed by atoms with Crippen molar-refractivity contribution in [1.29, 1.82) is 0 Å². The summed E-state index contributed by atoms with van der Waals surface area (Å²) in [7, 11) is -4.18. The lowest BCUT2D eigenvalue weighted by Crippen LogP contribution is -2.20. The van der Waals surface area contributed by atoms with Gasteiger partial charge in [0.25, 0.3) is 5.91 Å². The predicted octanol–water partition coefficient (Wildman–Crippen LogP) is 2.07. The van der Waals surface area contributed by atoms with E-state index in [0.717, 1.165) is 18.2 Å². The first-order valence-electron chi connectivity index (χ1n) is 6.00. The molecular weight excluding hydrogens is 318 g/mol. The van der Waals surface area contributed by atoms with Crippen molar-refractivity contribution in [3.8, 4) is 0 Å². The molecule has 9 heteroatoms. The van der Waals surface area contributed by atoms with Gasteiger partial charge >= 0.3 is 0 Å². The van der Waals surface area contributed by atoms with Gasteiger partial charge in [-0.05, 0) is 26.0 Å². The van der Waals surface area contributed by atoms with Crippen LogP contribution in [0, 0.1) is 25.5 Å². The average molecular weight is 330 g/mol. The fourth-order valence-electron chi connectivity index (χ4n) is 2.04. The molecule has 0 saturated carbocycles. The number of aryl methyl sites for hydroxylation is 2. The van der Waals surface area contributed by atoms with Gasteiger partial charge < -0.3 is 9.73 Å². The van der Waals surface area contributed by atoms with E-state index < -0.39 is 32.5 Å². The van der Waals surface area contributed by atoms with Crippen LogP contribution >= 0.6 is 0 Å². The van der Waals surface area contributed by atoms with Crippen LogP contribution in [0.5, 0.6) is 0 Å². The Morgan fingerprint density at radius 2 is 1.82 bits per heavy atom.